The fraction of sp³-hybridized carbons (Fsp3) is 0.625. The molecule has 0 radical (unpaired) electrons. The molecule has 0 aliphatic carbocycles. The zero-order valence-corrected chi connectivity index (χ0v) is 6.68. The van der Waals surface area contributed by atoms with Crippen LogP contribution in [-0.4, -0.2) is 12.8 Å². The summed E-state index contributed by atoms with van der Waals surface area (Å²) >= 11 is 0. The number of allylic oxidation sites excluding steroid dienone is 1. The quantitative estimate of drug-likeness (QED) is 0.587. The van der Waals surface area contributed by atoms with E-state index in [1.807, 2.05) is 19.3 Å². The molecule has 0 aromatic rings. The van der Waals surface area contributed by atoms with Crippen molar-refractivity contribution in [2.75, 3.05) is 7.05 Å². The van der Waals surface area contributed by atoms with Gasteiger partial charge in [-0.05, 0) is 26.0 Å². The second-order valence-electron chi connectivity index (χ2n) is 2.29. The molecule has 0 aromatic heterocycles. The molecule has 0 aromatic carbocycles. The number of rotatable bonds is 5. The van der Waals surface area contributed by atoms with Crippen LogP contribution in [0.4, 0.5) is 0 Å². The van der Waals surface area contributed by atoms with Crippen LogP contribution < -0.4 is 5.32 Å². The van der Waals surface area contributed by atoms with Crippen LogP contribution in [0, 0.1) is 0 Å². The van der Waals surface area contributed by atoms with Gasteiger partial charge in [-0.2, -0.15) is 0 Å². The van der Waals surface area contributed by atoms with Gasteiger partial charge in [-0.25, -0.2) is 0 Å². The van der Waals surface area contributed by atoms with Gasteiger partial charge < -0.3 is 10.1 Å². The average Bonchev–Trinajstić information content (AvgIpc) is 1.87. The first kappa shape index (κ1) is 9.21. The van der Waals surface area contributed by atoms with E-state index in [0.29, 0.717) is 6.42 Å². The van der Waals surface area contributed by atoms with Gasteiger partial charge in [-0.15, -0.1) is 0 Å². The van der Waals surface area contributed by atoms with Crippen LogP contribution in [-0.2, 0) is 4.79 Å². The van der Waals surface area contributed by atoms with Crippen molar-refractivity contribution in [2.24, 2.45) is 0 Å². The fourth-order valence-electron chi connectivity index (χ4n) is 0.670. The molecule has 0 aliphatic heterocycles. The molecule has 2 heteroatoms. The molecule has 0 amide bonds. The molecule has 0 bridgehead atoms. The highest BCUT2D eigenvalue weighted by Crippen LogP contribution is 1.95. The van der Waals surface area contributed by atoms with Gasteiger partial charge in [0.1, 0.15) is 5.78 Å². The summed E-state index contributed by atoms with van der Waals surface area (Å²) < 4.78 is 0. The maximum Gasteiger partial charge on any atom is 0.129 e. The molecule has 0 unspecified atom stereocenters. The van der Waals surface area contributed by atoms with Crippen molar-refractivity contribution in [3.63, 3.8) is 0 Å². The Morgan fingerprint density at radius 2 is 2.30 bits per heavy atom. The minimum atomic E-state index is 0.276. The predicted molar refractivity (Wildman–Crippen MR) is 42.7 cm³/mol. The number of carbonyl (C=O) groups is 1. The number of carbonyl (C=O) groups excluding carboxylic acids is 1. The summed E-state index contributed by atoms with van der Waals surface area (Å²) in [4.78, 5) is 10.4. The van der Waals surface area contributed by atoms with E-state index in [9.17, 15) is 4.79 Å². The van der Waals surface area contributed by atoms with Crippen molar-refractivity contribution in [3.8, 4) is 0 Å². The molecule has 0 fully saturated rings. The highest BCUT2D eigenvalue weighted by Gasteiger charge is 1.89. The van der Waals surface area contributed by atoms with Crippen LogP contribution in [0.25, 0.3) is 0 Å². The average molecular weight is 141 g/mol. The first-order chi connectivity index (χ1) is 4.77. The summed E-state index contributed by atoms with van der Waals surface area (Å²) in [6, 6.07) is 0. The maximum absolute atomic E-state index is 10.4. The molecule has 0 heterocycles. The van der Waals surface area contributed by atoms with Crippen LogP contribution in [0.5, 0.6) is 0 Å². The Morgan fingerprint density at radius 3 is 2.80 bits per heavy atom. The number of Topliss-reactive ketones (excluding diaryl/α,β-unsaturated/α-hetero) is 1. The van der Waals surface area contributed by atoms with E-state index >= 15 is 0 Å². The molecule has 0 saturated heterocycles. The Balaban J connectivity index is 3.05. The molecule has 2 nitrogen and oxygen atoms in total. The number of unbranched alkanes of at least 4 members (excludes halogenated alkanes) is 1. The van der Waals surface area contributed by atoms with Gasteiger partial charge in [0.15, 0.2) is 0 Å². The Kier molecular flexibility index (Phi) is 5.83. The predicted octanol–water partition coefficient (Wildman–Crippen LogP) is 1.48. The number of ketones is 1. The van der Waals surface area contributed by atoms with E-state index < -0.39 is 0 Å². The molecule has 58 valence electrons. The lowest BCUT2D eigenvalue weighted by molar-refractivity contribution is -0.117. The third-order valence-electron chi connectivity index (χ3n) is 1.18. The maximum atomic E-state index is 10.4. The summed E-state index contributed by atoms with van der Waals surface area (Å²) in [5.74, 6) is 0.276. The van der Waals surface area contributed by atoms with Crippen molar-refractivity contribution in [2.45, 2.75) is 26.2 Å². The minimum absolute atomic E-state index is 0.276. The van der Waals surface area contributed by atoms with Crippen molar-refractivity contribution < 1.29 is 4.79 Å². The summed E-state index contributed by atoms with van der Waals surface area (Å²) in [5, 5.41) is 2.89. The van der Waals surface area contributed by atoms with Gasteiger partial charge >= 0.3 is 0 Å². The largest absolute Gasteiger partial charge is 0.394 e. The van der Waals surface area contributed by atoms with Gasteiger partial charge in [0.25, 0.3) is 0 Å². The summed E-state index contributed by atoms with van der Waals surface area (Å²) in [6.07, 6.45) is 6.57. The first-order valence-corrected chi connectivity index (χ1v) is 3.59. The van der Waals surface area contributed by atoms with Crippen LogP contribution in [0.1, 0.15) is 26.2 Å². The molecule has 10 heavy (non-hydrogen) atoms. The second kappa shape index (κ2) is 6.33. The highest BCUT2D eigenvalue weighted by molar-refractivity contribution is 5.75. The van der Waals surface area contributed by atoms with Crippen LogP contribution in [0.15, 0.2) is 12.3 Å². The normalized spacial score (nSPS) is 10.2. The number of hydrogen-bond donors (Lipinski definition) is 1. The minimum Gasteiger partial charge on any atom is -0.394 e. The van der Waals surface area contributed by atoms with E-state index in [4.69, 9.17) is 0 Å². The molecule has 0 atom stereocenters. The lowest BCUT2D eigenvalue weighted by Crippen LogP contribution is -1.91. The molecule has 0 aliphatic rings. The third-order valence-corrected chi connectivity index (χ3v) is 1.18. The number of nitrogens with one attached hydrogen (secondary N) is 1. The van der Waals surface area contributed by atoms with Crippen molar-refractivity contribution in [1.29, 1.82) is 0 Å². The van der Waals surface area contributed by atoms with E-state index in [1.165, 1.54) is 0 Å². The Labute approximate surface area is 62.3 Å². The van der Waals surface area contributed by atoms with Crippen molar-refractivity contribution >= 4 is 5.78 Å². The lowest BCUT2D eigenvalue weighted by Gasteiger charge is -1.90. The van der Waals surface area contributed by atoms with Gasteiger partial charge in [0, 0.05) is 13.5 Å². The van der Waals surface area contributed by atoms with Crippen molar-refractivity contribution in [1.82, 2.24) is 5.32 Å². The summed E-state index contributed by atoms with van der Waals surface area (Å²) in [7, 11) is 1.86. The van der Waals surface area contributed by atoms with Crippen LogP contribution >= 0.6 is 0 Å². The van der Waals surface area contributed by atoms with Gasteiger partial charge in [0.05, 0.1) is 0 Å². The third kappa shape index (κ3) is 7.21. The lowest BCUT2D eigenvalue weighted by atomic mass is 10.2. The van der Waals surface area contributed by atoms with E-state index in [0.717, 1.165) is 12.8 Å². The molecular formula is C8H15NO. The Hall–Kier alpha value is -0.790. The Morgan fingerprint density at radius 1 is 1.60 bits per heavy atom. The fourth-order valence-corrected chi connectivity index (χ4v) is 0.670. The first-order valence-electron chi connectivity index (χ1n) is 3.59. The monoisotopic (exact) mass is 141 g/mol. The summed E-state index contributed by atoms with van der Waals surface area (Å²) in [5.41, 5.74) is 0. The van der Waals surface area contributed by atoms with Crippen LogP contribution in [0.3, 0.4) is 0 Å². The van der Waals surface area contributed by atoms with Crippen molar-refractivity contribution in [3.05, 3.63) is 12.3 Å². The van der Waals surface area contributed by atoms with E-state index in [-0.39, 0.29) is 5.78 Å². The highest BCUT2D eigenvalue weighted by atomic mass is 16.1. The van der Waals surface area contributed by atoms with E-state index in [2.05, 4.69) is 5.32 Å². The molecule has 1 N–H and O–H groups in total. The topological polar surface area (TPSA) is 29.1 Å². The SMILES string of the molecule is CN/C=C\CCCC(C)=O. The van der Waals surface area contributed by atoms with Gasteiger partial charge in [-0.1, -0.05) is 6.08 Å². The molecule has 0 rings (SSSR count). The number of hydrogen-bond acceptors (Lipinski definition) is 2. The van der Waals surface area contributed by atoms with Gasteiger partial charge in [-0.3, -0.25) is 0 Å². The molecule has 0 saturated carbocycles. The molecular weight excluding hydrogens is 126 g/mol. The zero-order valence-electron chi connectivity index (χ0n) is 6.68. The summed E-state index contributed by atoms with van der Waals surface area (Å²) in [6.45, 7) is 1.63. The second-order valence-corrected chi connectivity index (χ2v) is 2.29. The van der Waals surface area contributed by atoms with Gasteiger partial charge in [0.2, 0.25) is 0 Å². The van der Waals surface area contributed by atoms with Crippen LogP contribution in [0.2, 0.25) is 0 Å². The standard InChI is InChI=1S/C8H15NO/c1-8(10)6-4-3-5-7-9-2/h5,7,9H,3-4,6H2,1-2H3/b7-5-. The Bertz CT molecular complexity index is 118. The smallest absolute Gasteiger partial charge is 0.129 e. The molecule has 0 spiro atoms. The van der Waals surface area contributed by atoms with E-state index in [1.54, 1.807) is 6.92 Å². The zero-order chi connectivity index (χ0) is 7.82.